The third kappa shape index (κ3) is 6.06. The van der Waals surface area contributed by atoms with Crippen molar-refractivity contribution < 1.29 is 13.2 Å². The van der Waals surface area contributed by atoms with Crippen molar-refractivity contribution in [2.75, 3.05) is 19.4 Å². The SMILES string of the molecule is CN(C)[C@H](c1ccccc1)[C@@H](NC(=S)Nc1ccc(C(F)(F)F)cc1)c1ccccc1. The van der Waals surface area contributed by atoms with Crippen molar-refractivity contribution in [3.63, 3.8) is 0 Å². The number of nitrogens with one attached hydrogen (secondary N) is 2. The highest BCUT2D eigenvalue weighted by Crippen LogP contribution is 2.33. The lowest BCUT2D eigenvalue weighted by Gasteiger charge is -2.34. The standard InChI is InChI=1S/C24H24F3N3S/c1-30(2)22(18-11-7-4-8-12-18)21(17-9-5-3-6-10-17)29-23(31)28-20-15-13-19(14-16-20)24(25,26)27/h3-16,21-22H,1-2H3,(H2,28,29,31)/t21-,22+/m0/s1. The highest BCUT2D eigenvalue weighted by Gasteiger charge is 2.30. The van der Waals surface area contributed by atoms with Crippen LogP contribution in [0.2, 0.25) is 0 Å². The number of nitrogens with zero attached hydrogens (tertiary/aromatic N) is 1. The van der Waals surface area contributed by atoms with E-state index in [1.165, 1.54) is 12.1 Å². The zero-order valence-electron chi connectivity index (χ0n) is 17.2. The second-order valence-corrected chi connectivity index (χ2v) is 7.79. The van der Waals surface area contributed by atoms with Crippen LogP contribution in [0.3, 0.4) is 0 Å². The van der Waals surface area contributed by atoms with Gasteiger partial charge in [0.05, 0.1) is 17.6 Å². The molecule has 0 aliphatic carbocycles. The maximum absolute atomic E-state index is 12.8. The summed E-state index contributed by atoms with van der Waals surface area (Å²) in [5, 5.41) is 6.69. The first-order valence-electron chi connectivity index (χ1n) is 9.77. The highest BCUT2D eigenvalue weighted by atomic mass is 32.1. The van der Waals surface area contributed by atoms with E-state index >= 15 is 0 Å². The van der Waals surface area contributed by atoms with Gasteiger partial charge in [0, 0.05) is 5.69 Å². The molecule has 0 amide bonds. The molecule has 0 saturated carbocycles. The molecule has 3 nitrogen and oxygen atoms in total. The number of alkyl halides is 3. The largest absolute Gasteiger partial charge is 0.416 e. The van der Waals surface area contributed by atoms with E-state index in [2.05, 4.69) is 27.7 Å². The van der Waals surface area contributed by atoms with Gasteiger partial charge in [0.15, 0.2) is 5.11 Å². The van der Waals surface area contributed by atoms with Crippen molar-refractivity contribution in [1.29, 1.82) is 0 Å². The fourth-order valence-corrected chi connectivity index (χ4v) is 3.74. The van der Waals surface area contributed by atoms with E-state index in [9.17, 15) is 13.2 Å². The first-order valence-corrected chi connectivity index (χ1v) is 10.2. The van der Waals surface area contributed by atoms with Crippen LogP contribution in [0, 0.1) is 0 Å². The van der Waals surface area contributed by atoms with Gasteiger partial charge in [-0.25, -0.2) is 0 Å². The average molecular weight is 444 g/mol. The minimum Gasteiger partial charge on any atom is -0.354 e. The maximum atomic E-state index is 12.8. The Morgan fingerprint density at radius 2 is 1.32 bits per heavy atom. The first-order chi connectivity index (χ1) is 14.8. The Kier molecular flexibility index (Phi) is 7.30. The molecule has 3 rings (SSSR count). The summed E-state index contributed by atoms with van der Waals surface area (Å²) in [4.78, 5) is 2.11. The Bertz CT molecular complexity index is 974. The molecule has 3 aromatic rings. The van der Waals surface area contributed by atoms with Gasteiger partial charge in [-0.15, -0.1) is 0 Å². The number of anilines is 1. The van der Waals surface area contributed by atoms with Crippen molar-refractivity contribution >= 4 is 23.0 Å². The quantitative estimate of drug-likeness (QED) is 0.455. The minimum atomic E-state index is -4.37. The third-order valence-electron chi connectivity index (χ3n) is 4.93. The molecule has 0 aromatic heterocycles. The van der Waals surface area contributed by atoms with Crippen LogP contribution in [-0.4, -0.2) is 24.1 Å². The zero-order chi connectivity index (χ0) is 22.4. The Morgan fingerprint density at radius 1 is 0.806 bits per heavy atom. The molecule has 0 aliphatic rings. The summed E-state index contributed by atoms with van der Waals surface area (Å²) in [5.41, 5.74) is 1.95. The van der Waals surface area contributed by atoms with Crippen molar-refractivity contribution in [3.8, 4) is 0 Å². The molecular formula is C24H24F3N3S. The normalized spacial score (nSPS) is 13.5. The molecule has 0 fully saturated rings. The fraction of sp³-hybridized carbons (Fsp3) is 0.208. The summed E-state index contributed by atoms with van der Waals surface area (Å²) in [6.45, 7) is 0. The Hall–Kier alpha value is -2.90. The molecule has 0 aliphatic heterocycles. The van der Waals surface area contributed by atoms with Gasteiger partial charge < -0.3 is 15.5 Å². The number of hydrogen-bond acceptors (Lipinski definition) is 2. The van der Waals surface area contributed by atoms with E-state index in [0.717, 1.165) is 23.3 Å². The monoisotopic (exact) mass is 443 g/mol. The van der Waals surface area contributed by atoms with Gasteiger partial charge in [0.1, 0.15) is 0 Å². The number of benzene rings is 3. The van der Waals surface area contributed by atoms with Crippen LogP contribution < -0.4 is 10.6 Å². The van der Waals surface area contributed by atoms with Crippen LogP contribution in [0.1, 0.15) is 28.8 Å². The van der Waals surface area contributed by atoms with E-state index in [-0.39, 0.29) is 12.1 Å². The van der Waals surface area contributed by atoms with Gasteiger partial charge >= 0.3 is 6.18 Å². The van der Waals surface area contributed by atoms with Crippen molar-refractivity contribution in [2.45, 2.75) is 18.3 Å². The highest BCUT2D eigenvalue weighted by molar-refractivity contribution is 7.80. The van der Waals surface area contributed by atoms with Gasteiger partial charge in [-0.1, -0.05) is 60.7 Å². The maximum Gasteiger partial charge on any atom is 0.416 e. The Balaban J connectivity index is 1.84. The molecule has 0 spiro atoms. The molecule has 7 heteroatoms. The van der Waals surface area contributed by atoms with E-state index in [4.69, 9.17) is 12.2 Å². The van der Waals surface area contributed by atoms with Crippen LogP contribution in [0.4, 0.5) is 18.9 Å². The molecule has 2 N–H and O–H groups in total. The van der Waals surface area contributed by atoms with E-state index in [0.29, 0.717) is 10.8 Å². The summed E-state index contributed by atoms with van der Waals surface area (Å²) in [6.07, 6.45) is -4.37. The fourth-order valence-electron chi connectivity index (χ4n) is 3.49. The summed E-state index contributed by atoms with van der Waals surface area (Å²) in [7, 11) is 4.00. The number of rotatable bonds is 6. The number of thiocarbonyl (C=S) groups is 1. The third-order valence-corrected chi connectivity index (χ3v) is 5.15. The summed E-state index contributed by atoms with van der Waals surface area (Å²) in [5.74, 6) is 0. The lowest BCUT2D eigenvalue weighted by atomic mass is 9.92. The van der Waals surface area contributed by atoms with E-state index in [1.54, 1.807) is 0 Å². The Labute approximate surface area is 185 Å². The molecule has 0 unspecified atom stereocenters. The van der Waals surface area contributed by atoms with E-state index in [1.807, 2.05) is 62.6 Å². The second-order valence-electron chi connectivity index (χ2n) is 7.38. The second kappa shape index (κ2) is 9.94. The van der Waals surface area contributed by atoms with Crippen LogP contribution in [0.15, 0.2) is 84.9 Å². The predicted molar refractivity (Wildman–Crippen MR) is 123 cm³/mol. The molecule has 0 heterocycles. The van der Waals surface area contributed by atoms with Crippen molar-refractivity contribution in [3.05, 3.63) is 102 Å². The lowest BCUT2D eigenvalue weighted by Crippen LogP contribution is -2.40. The van der Waals surface area contributed by atoms with Gasteiger partial charge in [-0.2, -0.15) is 13.2 Å². The average Bonchev–Trinajstić information content (AvgIpc) is 2.74. The van der Waals surface area contributed by atoms with E-state index < -0.39 is 11.7 Å². The number of likely N-dealkylation sites (N-methyl/N-ethyl adjacent to an activating group) is 1. The number of hydrogen-bond donors (Lipinski definition) is 2. The van der Waals surface area contributed by atoms with Crippen LogP contribution >= 0.6 is 12.2 Å². The summed E-state index contributed by atoms with van der Waals surface area (Å²) in [6, 6.07) is 24.6. The van der Waals surface area contributed by atoms with Crippen LogP contribution in [-0.2, 0) is 6.18 Å². The van der Waals surface area contributed by atoms with Gasteiger partial charge in [-0.3, -0.25) is 0 Å². The number of halogens is 3. The molecule has 0 radical (unpaired) electrons. The zero-order valence-corrected chi connectivity index (χ0v) is 18.0. The molecule has 3 aromatic carbocycles. The lowest BCUT2D eigenvalue weighted by molar-refractivity contribution is -0.137. The predicted octanol–water partition coefficient (Wildman–Crippen LogP) is 6.04. The van der Waals surface area contributed by atoms with Crippen molar-refractivity contribution in [2.24, 2.45) is 0 Å². The summed E-state index contributed by atoms with van der Waals surface area (Å²) >= 11 is 5.51. The van der Waals surface area contributed by atoms with Crippen LogP contribution in [0.5, 0.6) is 0 Å². The van der Waals surface area contributed by atoms with Crippen molar-refractivity contribution in [1.82, 2.24) is 10.2 Å². The molecule has 162 valence electrons. The summed E-state index contributed by atoms with van der Waals surface area (Å²) < 4.78 is 38.4. The topological polar surface area (TPSA) is 27.3 Å². The van der Waals surface area contributed by atoms with Gasteiger partial charge in [0.25, 0.3) is 0 Å². The Morgan fingerprint density at radius 3 is 1.81 bits per heavy atom. The molecular weight excluding hydrogens is 419 g/mol. The van der Waals surface area contributed by atoms with Crippen LogP contribution in [0.25, 0.3) is 0 Å². The smallest absolute Gasteiger partial charge is 0.354 e. The molecule has 2 atom stereocenters. The molecule has 0 bridgehead atoms. The molecule has 31 heavy (non-hydrogen) atoms. The minimum absolute atomic E-state index is 0.0315. The van der Waals surface area contributed by atoms with Gasteiger partial charge in [-0.05, 0) is 61.7 Å². The molecule has 0 saturated heterocycles. The first kappa shape index (κ1) is 22.8. The van der Waals surface area contributed by atoms with Gasteiger partial charge in [0.2, 0.25) is 0 Å².